The summed E-state index contributed by atoms with van der Waals surface area (Å²) in [7, 11) is 0. The third-order valence-corrected chi connectivity index (χ3v) is 4.03. The standard InChI is InChI=1S/C13H18N4S/c1-8(13-9(2)17-10(3)18-13)15-7-12-5-4-11(14)6-16-12/h4-6,8,15H,7,14H2,1-3H3. The van der Waals surface area contributed by atoms with Gasteiger partial charge in [-0.3, -0.25) is 4.98 Å². The van der Waals surface area contributed by atoms with Crippen molar-refractivity contribution in [2.75, 3.05) is 5.73 Å². The molecule has 0 radical (unpaired) electrons. The summed E-state index contributed by atoms with van der Waals surface area (Å²) in [5.41, 5.74) is 8.41. The van der Waals surface area contributed by atoms with Crippen LogP contribution in [-0.4, -0.2) is 9.97 Å². The Balaban J connectivity index is 1.98. The van der Waals surface area contributed by atoms with Gasteiger partial charge < -0.3 is 11.1 Å². The van der Waals surface area contributed by atoms with Crippen LogP contribution in [0, 0.1) is 13.8 Å². The van der Waals surface area contributed by atoms with Crippen LogP contribution in [0.4, 0.5) is 5.69 Å². The van der Waals surface area contributed by atoms with Crippen molar-refractivity contribution in [2.45, 2.75) is 33.4 Å². The van der Waals surface area contributed by atoms with Crippen molar-refractivity contribution in [2.24, 2.45) is 0 Å². The number of nitrogen functional groups attached to an aromatic ring is 1. The number of nitrogens with one attached hydrogen (secondary N) is 1. The molecule has 1 unspecified atom stereocenters. The van der Waals surface area contributed by atoms with Crippen LogP contribution in [0.1, 0.15) is 34.2 Å². The largest absolute Gasteiger partial charge is 0.397 e. The Hall–Kier alpha value is -1.46. The lowest BCUT2D eigenvalue weighted by Crippen LogP contribution is -2.18. The number of aromatic nitrogens is 2. The maximum atomic E-state index is 5.61. The summed E-state index contributed by atoms with van der Waals surface area (Å²) in [5, 5.41) is 4.57. The van der Waals surface area contributed by atoms with Gasteiger partial charge in [0.2, 0.25) is 0 Å². The van der Waals surface area contributed by atoms with Gasteiger partial charge in [-0.05, 0) is 32.9 Å². The Kier molecular flexibility index (Phi) is 3.93. The molecule has 3 N–H and O–H groups in total. The number of nitrogens with zero attached hydrogens (tertiary/aromatic N) is 2. The molecule has 0 saturated heterocycles. The summed E-state index contributed by atoms with van der Waals surface area (Å²) in [4.78, 5) is 10.0. The van der Waals surface area contributed by atoms with Crippen molar-refractivity contribution in [3.8, 4) is 0 Å². The number of anilines is 1. The SMILES string of the molecule is Cc1nc(C)c(C(C)NCc2ccc(N)cn2)s1. The third kappa shape index (κ3) is 3.05. The lowest BCUT2D eigenvalue weighted by molar-refractivity contribution is 0.572. The van der Waals surface area contributed by atoms with Gasteiger partial charge in [0.25, 0.3) is 0 Å². The normalized spacial score (nSPS) is 12.6. The molecular formula is C13H18N4S. The molecule has 0 bridgehead atoms. The van der Waals surface area contributed by atoms with E-state index in [-0.39, 0.29) is 6.04 Å². The molecule has 4 nitrogen and oxygen atoms in total. The van der Waals surface area contributed by atoms with Gasteiger partial charge in [-0.2, -0.15) is 0 Å². The molecule has 0 aliphatic carbocycles. The fourth-order valence-electron chi connectivity index (χ4n) is 1.84. The monoisotopic (exact) mass is 262 g/mol. The highest BCUT2D eigenvalue weighted by molar-refractivity contribution is 7.11. The molecule has 96 valence electrons. The van der Waals surface area contributed by atoms with Crippen molar-refractivity contribution in [1.82, 2.24) is 15.3 Å². The van der Waals surface area contributed by atoms with Crippen LogP contribution in [0.15, 0.2) is 18.3 Å². The van der Waals surface area contributed by atoms with Crippen LogP contribution in [0.25, 0.3) is 0 Å². The zero-order valence-electron chi connectivity index (χ0n) is 10.9. The zero-order chi connectivity index (χ0) is 13.1. The highest BCUT2D eigenvalue weighted by atomic mass is 32.1. The van der Waals surface area contributed by atoms with Crippen LogP contribution < -0.4 is 11.1 Å². The molecule has 5 heteroatoms. The topological polar surface area (TPSA) is 63.8 Å². The Morgan fingerprint density at radius 1 is 1.39 bits per heavy atom. The third-order valence-electron chi connectivity index (χ3n) is 2.77. The summed E-state index contributed by atoms with van der Waals surface area (Å²) < 4.78 is 0. The number of nitrogens with two attached hydrogens (primary N) is 1. The average Bonchev–Trinajstić information content (AvgIpc) is 2.67. The second kappa shape index (κ2) is 5.46. The Morgan fingerprint density at radius 2 is 2.17 bits per heavy atom. The van der Waals surface area contributed by atoms with Gasteiger partial charge in [-0.15, -0.1) is 11.3 Å². The zero-order valence-corrected chi connectivity index (χ0v) is 11.7. The molecule has 0 spiro atoms. The first-order valence-electron chi connectivity index (χ1n) is 5.94. The van der Waals surface area contributed by atoms with E-state index in [1.54, 1.807) is 17.5 Å². The maximum Gasteiger partial charge on any atom is 0.0900 e. The van der Waals surface area contributed by atoms with E-state index in [4.69, 9.17) is 5.73 Å². The first kappa shape index (κ1) is 13.0. The molecule has 0 saturated carbocycles. The van der Waals surface area contributed by atoms with E-state index in [9.17, 15) is 0 Å². The van der Waals surface area contributed by atoms with Crippen LogP contribution in [-0.2, 0) is 6.54 Å². The average molecular weight is 262 g/mol. The first-order chi connectivity index (χ1) is 8.56. The quantitative estimate of drug-likeness (QED) is 0.889. The van der Waals surface area contributed by atoms with Gasteiger partial charge >= 0.3 is 0 Å². The van der Waals surface area contributed by atoms with Crippen molar-refractivity contribution in [1.29, 1.82) is 0 Å². The van der Waals surface area contributed by atoms with Gasteiger partial charge in [0, 0.05) is 17.5 Å². The second-order valence-electron chi connectivity index (χ2n) is 4.37. The molecule has 0 aliphatic heterocycles. The molecule has 0 aromatic carbocycles. The number of pyridine rings is 1. The second-order valence-corrected chi connectivity index (χ2v) is 5.60. The van der Waals surface area contributed by atoms with E-state index in [1.807, 2.05) is 19.1 Å². The van der Waals surface area contributed by atoms with Gasteiger partial charge in [-0.25, -0.2) is 4.98 Å². The number of rotatable bonds is 4. The van der Waals surface area contributed by atoms with Gasteiger partial charge in [0.15, 0.2) is 0 Å². The Morgan fingerprint density at radius 3 is 2.72 bits per heavy atom. The molecule has 0 aliphatic rings. The molecule has 2 aromatic rings. The molecular weight excluding hydrogens is 244 g/mol. The van der Waals surface area contributed by atoms with Crippen LogP contribution in [0.3, 0.4) is 0 Å². The number of hydrogen-bond acceptors (Lipinski definition) is 5. The maximum absolute atomic E-state index is 5.61. The lowest BCUT2D eigenvalue weighted by atomic mass is 10.2. The number of thiazole rings is 1. The van der Waals surface area contributed by atoms with E-state index in [0.29, 0.717) is 5.69 Å². The van der Waals surface area contributed by atoms with E-state index in [2.05, 4.69) is 29.1 Å². The molecule has 2 aromatic heterocycles. The first-order valence-corrected chi connectivity index (χ1v) is 6.75. The van der Waals surface area contributed by atoms with Gasteiger partial charge in [-0.1, -0.05) is 0 Å². The van der Waals surface area contributed by atoms with Gasteiger partial charge in [0.1, 0.15) is 0 Å². The van der Waals surface area contributed by atoms with E-state index < -0.39 is 0 Å². The molecule has 2 heterocycles. The van der Waals surface area contributed by atoms with Crippen molar-refractivity contribution in [3.63, 3.8) is 0 Å². The predicted octanol–water partition coefficient (Wildman–Crippen LogP) is 2.59. The lowest BCUT2D eigenvalue weighted by Gasteiger charge is -2.12. The highest BCUT2D eigenvalue weighted by Gasteiger charge is 2.12. The smallest absolute Gasteiger partial charge is 0.0900 e. The van der Waals surface area contributed by atoms with E-state index >= 15 is 0 Å². The van der Waals surface area contributed by atoms with Crippen molar-refractivity contribution < 1.29 is 0 Å². The van der Waals surface area contributed by atoms with E-state index in [0.717, 1.165) is 22.9 Å². The van der Waals surface area contributed by atoms with Crippen LogP contribution in [0.5, 0.6) is 0 Å². The fraction of sp³-hybridized carbons (Fsp3) is 0.385. The van der Waals surface area contributed by atoms with Crippen molar-refractivity contribution in [3.05, 3.63) is 39.6 Å². The fourth-order valence-corrected chi connectivity index (χ4v) is 2.79. The summed E-state index contributed by atoms with van der Waals surface area (Å²) >= 11 is 1.75. The molecule has 0 fully saturated rings. The van der Waals surface area contributed by atoms with Crippen LogP contribution in [0.2, 0.25) is 0 Å². The number of aryl methyl sites for hydroxylation is 2. The molecule has 1 atom stereocenters. The molecule has 2 rings (SSSR count). The highest BCUT2D eigenvalue weighted by Crippen LogP contribution is 2.24. The molecule has 0 amide bonds. The summed E-state index contributed by atoms with van der Waals surface area (Å²) in [6.45, 7) is 6.98. The van der Waals surface area contributed by atoms with E-state index in [1.165, 1.54) is 4.88 Å². The van der Waals surface area contributed by atoms with Crippen molar-refractivity contribution >= 4 is 17.0 Å². The predicted molar refractivity (Wildman–Crippen MR) is 75.5 cm³/mol. The minimum absolute atomic E-state index is 0.288. The van der Waals surface area contributed by atoms with Gasteiger partial charge in [0.05, 0.1) is 28.3 Å². The Bertz CT molecular complexity index is 518. The molecule has 18 heavy (non-hydrogen) atoms. The summed E-state index contributed by atoms with van der Waals surface area (Å²) in [5.74, 6) is 0. The minimum atomic E-state index is 0.288. The Labute approximate surface area is 111 Å². The summed E-state index contributed by atoms with van der Waals surface area (Å²) in [6.07, 6.45) is 1.68. The summed E-state index contributed by atoms with van der Waals surface area (Å²) in [6, 6.07) is 4.10. The van der Waals surface area contributed by atoms with Crippen LogP contribution >= 0.6 is 11.3 Å². The number of hydrogen-bond donors (Lipinski definition) is 2. The minimum Gasteiger partial charge on any atom is -0.397 e.